The van der Waals surface area contributed by atoms with Gasteiger partial charge < -0.3 is 5.73 Å². The Hall–Kier alpha value is -1.78. The summed E-state index contributed by atoms with van der Waals surface area (Å²) in [4.78, 5) is 11.8. The van der Waals surface area contributed by atoms with E-state index in [4.69, 9.17) is 5.73 Å². The predicted molar refractivity (Wildman–Crippen MR) is 83.9 cm³/mol. The van der Waals surface area contributed by atoms with Gasteiger partial charge in [0.25, 0.3) is 0 Å². The topological polar surface area (TPSA) is 51.8 Å². The Bertz CT molecular complexity index is 720. The molecule has 20 heavy (non-hydrogen) atoms. The van der Waals surface area contributed by atoms with Gasteiger partial charge in [-0.05, 0) is 30.7 Å². The van der Waals surface area contributed by atoms with Gasteiger partial charge in [0.1, 0.15) is 0 Å². The van der Waals surface area contributed by atoms with E-state index in [0.29, 0.717) is 0 Å². The highest BCUT2D eigenvalue weighted by atomic mass is 32.1. The van der Waals surface area contributed by atoms with E-state index in [1.165, 1.54) is 9.75 Å². The molecular weight excluding hydrogens is 266 g/mol. The lowest BCUT2D eigenvalue weighted by atomic mass is 10.1. The molecule has 4 heteroatoms. The molecular formula is C16H17N3S. The van der Waals surface area contributed by atoms with E-state index >= 15 is 0 Å². The fourth-order valence-corrected chi connectivity index (χ4v) is 3.21. The van der Waals surface area contributed by atoms with Crippen molar-refractivity contribution in [3.63, 3.8) is 0 Å². The number of rotatable bonds is 4. The lowest BCUT2D eigenvalue weighted by molar-refractivity contribution is 0.703. The van der Waals surface area contributed by atoms with E-state index in [1.807, 2.05) is 35.6 Å². The van der Waals surface area contributed by atoms with Crippen molar-refractivity contribution in [1.29, 1.82) is 0 Å². The van der Waals surface area contributed by atoms with Gasteiger partial charge in [-0.1, -0.05) is 19.1 Å². The molecule has 0 fully saturated rings. The third-order valence-corrected chi connectivity index (χ3v) is 4.59. The van der Waals surface area contributed by atoms with E-state index in [2.05, 4.69) is 29.0 Å². The zero-order valence-electron chi connectivity index (χ0n) is 11.4. The van der Waals surface area contributed by atoms with Crippen LogP contribution in [0.5, 0.6) is 0 Å². The molecule has 0 bridgehead atoms. The minimum Gasteiger partial charge on any atom is -0.322 e. The number of para-hydroxylation sites is 2. The van der Waals surface area contributed by atoms with Gasteiger partial charge in [0.2, 0.25) is 0 Å². The van der Waals surface area contributed by atoms with E-state index in [0.717, 1.165) is 29.6 Å². The number of hydrogen-bond acceptors (Lipinski definition) is 4. The molecule has 0 saturated carbocycles. The van der Waals surface area contributed by atoms with Crippen LogP contribution >= 0.6 is 11.3 Å². The molecule has 0 aliphatic heterocycles. The smallest absolute Gasteiger partial charge is 0.0890 e. The SMILES string of the molecule is CCc1ccc(CC(N)c2cnc3ccccc3n2)s1. The van der Waals surface area contributed by atoms with Crippen LogP contribution in [0.25, 0.3) is 11.0 Å². The lowest BCUT2D eigenvalue weighted by Crippen LogP contribution is -2.14. The fourth-order valence-electron chi connectivity index (χ4n) is 2.19. The molecule has 1 aromatic carbocycles. The second-order valence-electron chi connectivity index (χ2n) is 4.82. The van der Waals surface area contributed by atoms with Crippen LogP contribution in [-0.2, 0) is 12.8 Å². The van der Waals surface area contributed by atoms with Crippen LogP contribution in [0.4, 0.5) is 0 Å². The minimum absolute atomic E-state index is 0.101. The number of nitrogens with two attached hydrogens (primary N) is 1. The van der Waals surface area contributed by atoms with Crippen molar-refractivity contribution in [2.24, 2.45) is 5.73 Å². The summed E-state index contributed by atoms with van der Waals surface area (Å²) in [6.45, 7) is 2.17. The first kappa shape index (κ1) is 13.2. The molecule has 0 radical (unpaired) electrons. The quantitative estimate of drug-likeness (QED) is 0.797. The van der Waals surface area contributed by atoms with Gasteiger partial charge in [0.05, 0.1) is 29.0 Å². The van der Waals surface area contributed by atoms with E-state index in [1.54, 1.807) is 6.20 Å². The summed E-state index contributed by atoms with van der Waals surface area (Å²) >= 11 is 1.83. The van der Waals surface area contributed by atoms with Gasteiger partial charge in [-0.2, -0.15) is 0 Å². The Morgan fingerprint density at radius 1 is 1.10 bits per heavy atom. The Morgan fingerprint density at radius 2 is 1.85 bits per heavy atom. The largest absolute Gasteiger partial charge is 0.322 e. The Kier molecular flexibility index (Phi) is 3.76. The summed E-state index contributed by atoms with van der Waals surface area (Å²) in [6.07, 6.45) is 3.69. The van der Waals surface area contributed by atoms with Gasteiger partial charge in [-0.15, -0.1) is 11.3 Å². The van der Waals surface area contributed by atoms with Crippen LogP contribution in [0.15, 0.2) is 42.6 Å². The average Bonchev–Trinajstić information content (AvgIpc) is 2.94. The summed E-state index contributed by atoms with van der Waals surface area (Å²) in [5.41, 5.74) is 8.94. The third-order valence-electron chi connectivity index (χ3n) is 3.33. The summed E-state index contributed by atoms with van der Waals surface area (Å²) in [5, 5.41) is 0. The zero-order chi connectivity index (χ0) is 13.9. The molecule has 0 saturated heterocycles. The molecule has 0 aliphatic carbocycles. The summed E-state index contributed by atoms with van der Waals surface area (Å²) in [5.74, 6) is 0. The first-order valence-corrected chi connectivity index (χ1v) is 7.62. The van der Waals surface area contributed by atoms with E-state index < -0.39 is 0 Å². The second-order valence-corrected chi connectivity index (χ2v) is 6.07. The van der Waals surface area contributed by atoms with Crippen LogP contribution in [-0.4, -0.2) is 9.97 Å². The van der Waals surface area contributed by atoms with Gasteiger partial charge in [0.15, 0.2) is 0 Å². The first-order chi connectivity index (χ1) is 9.76. The summed E-state index contributed by atoms with van der Waals surface area (Å²) < 4.78 is 0. The molecule has 0 spiro atoms. The van der Waals surface area contributed by atoms with Crippen molar-refractivity contribution < 1.29 is 0 Å². The van der Waals surface area contributed by atoms with Crippen LogP contribution in [0, 0.1) is 0 Å². The van der Waals surface area contributed by atoms with Crippen molar-refractivity contribution in [3.8, 4) is 0 Å². The van der Waals surface area contributed by atoms with Crippen molar-refractivity contribution in [2.45, 2.75) is 25.8 Å². The Morgan fingerprint density at radius 3 is 2.60 bits per heavy atom. The van der Waals surface area contributed by atoms with E-state index in [-0.39, 0.29) is 6.04 Å². The van der Waals surface area contributed by atoms with Crippen LogP contribution in [0.1, 0.15) is 28.4 Å². The van der Waals surface area contributed by atoms with Crippen LogP contribution < -0.4 is 5.73 Å². The number of aromatic nitrogens is 2. The van der Waals surface area contributed by atoms with Crippen LogP contribution in [0.3, 0.4) is 0 Å². The molecule has 1 atom stereocenters. The second kappa shape index (κ2) is 5.69. The molecule has 102 valence electrons. The van der Waals surface area contributed by atoms with Crippen molar-refractivity contribution in [2.75, 3.05) is 0 Å². The van der Waals surface area contributed by atoms with Gasteiger partial charge >= 0.3 is 0 Å². The molecule has 3 nitrogen and oxygen atoms in total. The number of benzene rings is 1. The van der Waals surface area contributed by atoms with Gasteiger partial charge in [0, 0.05) is 16.2 Å². The molecule has 0 aliphatic rings. The number of aryl methyl sites for hydroxylation is 1. The standard InChI is InChI=1S/C16H17N3S/c1-2-11-7-8-12(20-11)9-13(17)16-10-18-14-5-3-4-6-15(14)19-16/h3-8,10,13H,2,9,17H2,1H3. The van der Waals surface area contributed by atoms with Crippen molar-refractivity contribution in [3.05, 3.63) is 58.0 Å². The number of nitrogens with zero attached hydrogens (tertiary/aromatic N) is 2. The molecule has 1 unspecified atom stereocenters. The molecule has 2 heterocycles. The number of hydrogen-bond donors (Lipinski definition) is 1. The predicted octanol–water partition coefficient (Wildman–Crippen LogP) is 3.50. The molecule has 2 N–H and O–H groups in total. The van der Waals surface area contributed by atoms with Crippen molar-refractivity contribution >= 4 is 22.4 Å². The number of fused-ring (bicyclic) bond motifs is 1. The summed E-state index contributed by atoms with van der Waals surface area (Å²) in [7, 11) is 0. The highest BCUT2D eigenvalue weighted by molar-refractivity contribution is 7.11. The minimum atomic E-state index is -0.101. The number of thiophene rings is 1. The third kappa shape index (κ3) is 2.71. The highest BCUT2D eigenvalue weighted by Crippen LogP contribution is 2.22. The highest BCUT2D eigenvalue weighted by Gasteiger charge is 2.11. The lowest BCUT2D eigenvalue weighted by Gasteiger charge is -2.10. The normalized spacial score (nSPS) is 12.7. The molecule has 2 aromatic heterocycles. The van der Waals surface area contributed by atoms with E-state index in [9.17, 15) is 0 Å². The maximum Gasteiger partial charge on any atom is 0.0890 e. The van der Waals surface area contributed by atoms with Gasteiger partial charge in [-0.25, -0.2) is 4.98 Å². The monoisotopic (exact) mass is 283 g/mol. The molecule has 3 aromatic rings. The molecule has 0 amide bonds. The summed E-state index contributed by atoms with van der Waals surface area (Å²) in [6, 6.07) is 12.1. The molecule has 3 rings (SSSR count). The maximum absolute atomic E-state index is 6.27. The fraction of sp³-hybridized carbons (Fsp3) is 0.250. The van der Waals surface area contributed by atoms with Crippen molar-refractivity contribution in [1.82, 2.24) is 9.97 Å². The Labute approximate surface area is 122 Å². The zero-order valence-corrected chi connectivity index (χ0v) is 12.2. The van der Waals surface area contributed by atoms with Gasteiger partial charge in [-0.3, -0.25) is 4.98 Å². The Balaban J connectivity index is 1.82. The van der Waals surface area contributed by atoms with Crippen LogP contribution in [0.2, 0.25) is 0 Å². The maximum atomic E-state index is 6.27. The average molecular weight is 283 g/mol. The first-order valence-electron chi connectivity index (χ1n) is 6.81.